The molecule has 0 radical (unpaired) electrons. The highest BCUT2D eigenvalue weighted by molar-refractivity contribution is 5.72. The molecule has 0 saturated carbocycles. The van der Waals surface area contributed by atoms with Gasteiger partial charge in [-0.3, -0.25) is 4.79 Å². The van der Waals surface area contributed by atoms with E-state index in [1.165, 1.54) is 26.2 Å². The standard InChI is InChI=1S/C8H17.C3H7NO.6C2H6/c1-4-6-7-8(3)5-2;1-3(5)4-2;6*1-2/h6,8H,4-5,7H2,1-3H3;1-2H3,(H,4,5);6*1-2H3/q+1;;;;;;;. The monoisotopic (exact) mass is 366 g/mol. The Bertz CT molecular complexity index is 115. The second-order valence-electron chi connectivity index (χ2n) is 3.25. The van der Waals surface area contributed by atoms with Crippen molar-refractivity contribution in [3.8, 4) is 0 Å². The number of carbonyl (C=O) groups is 1. The summed E-state index contributed by atoms with van der Waals surface area (Å²) in [5.41, 5.74) is 0. The second kappa shape index (κ2) is 109. The maximum atomic E-state index is 9.70. The lowest BCUT2D eigenvalue weighted by Gasteiger charge is -1.98. The molecule has 2 nitrogen and oxygen atoms in total. The topological polar surface area (TPSA) is 29.1 Å². The lowest BCUT2D eigenvalue weighted by Crippen LogP contribution is -2.11. The van der Waals surface area contributed by atoms with Crippen molar-refractivity contribution in [2.75, 3.05) is 7.05 Å². The molecule has 1 amide bonds. The number of nitrogens with one attached hydrogen (secondary N) is 1. The van der Waals surface area contributed by atoms with E-state index in [0.29, 0.717) is 0 Å². The lowest BCUT2D eigenvalue weighted by molar-refractivity contribution is -0.118. The molecule has 0 aromatic rings. The van der Waals surface area contributed by atoms with Crippen LogP contribution in [0.4, 0.5) is 0 Å². The zero-order valence-electron chi connectivity index (χ0n) is 21.7. The van der Waals surface area contributed by atoms with Gasteiger partial charge in [-0.15, -0.1) is 0 Å². The predicted octanol–water partition coefficient (Wildman–Crippen LogP) is 8.95. The van der Waals surface area contributed by atoms with Crippen LogP contribution in [0.5, 0.6) is 0 Å². The molecule has 0 bridgehead atoms. The fraction of sp³-hybridized carbons (Fsp3) is 0.913. The minimum Gasteiger partial charge on any atom is -0.359 e. The molecule has 1 N–H and O–H groups in total. The van der Waals surface area contributed by atoms with Gasteiger partial charge in [-0.25, -0.2) is 0 Å². The maximum Gasteiger partial charge on any atom is 0.216 e. The summed E-state index contributed by atoms with van der Waals surface area (Å²) < 4.78 is 0. The Morgan fingerprint density at radius 3 is 1.16 bits per heavy atom. The molecule has 0 saturated heterocycles. The van der Waals surface area contributed by atoms with E-state index in [0.717, 1.165) is 5.92 Å². The molecular formula is C23H60NO+. The third-order valence-electron chi connectivity index (χ3n) is 1.91. The summed E-state index contributed by atoms with van der Waals surface area (Å²) in [5.74, 6) is 0.903. The first kappa shape index (κ1) is 49.7. The largest absolute Gasteiger partial charge is 0.359 e. The van der Waals surface area contributed by atoms with E-state index in [1.54, 1.807) is 7.05 Å². The molecule has 162 valence electrons. The van der Waals surface area contributed by atoms with E-state index in [9.17, 15) is 4.79 Å². The van der Waals surface area contributed by atoms with E-state index in [-0.39, 0.29) is 5.91 Å². The molecule has 0 aromatic heterocycles. The van der Waals surface area contributed by atoms with Crippen molar-refractivity contribution >= 4 is 5.91 Å². The zero-order valence-corrected chi connectivity index (χ0v) is 21.7. The van der Waals surface area contributed by atoms with Gasteiger partial charge in [0.2, 0.25) is 5.91 Å². The van der Waals surface area contributed by atoms with E-state index >= 15 is 0 Å². The lowest BCUT2D eigenvalue weighted by atomic mass is 10.0. The molecular weight excluding hydrogens is 306 g/mol. The molecule has 0 fully saturated rings. The van der Waals surface area contributed by atoms with E-state index in [1.807, 2.05) is 83.1 Å². The molecule has 0 rings (SSSR count). The van der Waals surface area contributed by atoms with Crippen LogP contribution in [0.1, 0.15) is 130 Å². The van der Waals surface area contributed by atoms with Crippen molar-refractivity contribution < 1.29 is 4.79 Å². The Kier molecular flexibility index (Phi) is 216. The molecule has 1 unspecified atom stereocenters. The zero-order chi connectivity index (χ0) is 22.7. The quantitative estimate of drug-likeness (QED) is 0.494. The van der Waals surface area contributed by atoms with Crippen LogP contribution in [0.15, 0.2) is 0 Å². The Morgan fingerprint density at radius 1 is 0.800 bits per heavy atom. The van der Waals surface area contributed by atoms with Gasteiger partial charge < -0.3 is 5.32 Å². The van der Waals surface area contributed by atoms with Gasteiger partial charge in [-0.1, -0.05) is 96.9 Å². The van der Waals surface area contributed by atoms with Crippen molar-refractivity contribution in [2.45, 2.75) is 130 Å². The van der Waals surface area contributed by atoms with Crippen LogP contribution in [0.2, 0.25) is 0 Å². The average molecular weight is 367 g/mol. The molecule has 0 aromatic carbocycles. The Hall–Kier alpha value is -0.660. The van der Waals surface area contributed by atoms with Crippen LogP contribution < -0.4 is 5.32 Å². The van der Waals surface area contributed by atoms with Crippen molar-refractivity contribution in [3.05, 3.63) is 6.42 Å². The minimum atomic E-state index is 0.00463. The van der Waals surface area contributed by atoms with Gasteiger partial charge in [0, 0.05) is 14.0 Å². The summed E-state index contributed by atoms with van der Waals surface area (Å²) in [5, 5.41) is 2.39. The predicted molar refractivity (Wildman–Crippen MR) is 126 cm³/mol. The van der Waals surface area contributed by atoms with E-state index in [4.69, 9.17) is 0 Å². The third kappa shape index (κ3) is 197. The first-order chi connectivity index (χ1) is 12.1. The molecule has 0 aliphatic carbocycles. The first-order valence-electron chi connectivity index (χ1n) is 11.1. The van der Waals surface area contributed by atoms with Gasteiger partial charge in [0.15, 0.2) is 0 Å². The van der Waals surface area contributed by atoms with Gasteiger partial charge in [0.05, 0.1) is 19.3 Å². The van der Waals surface area contributed by atoms with Crippen molar-refractivity contribution in [2.24, 2.45) is 5.92 Å². The number of hydrogen-bond donors (Lipinski definition) is 1. The van der Waals surface area contributed by atoms with Gasteiger partial charge in [0.25, 0.3) is 0 Å². The number of carbonyl (C=O) groups excluding carboxylic acids is 1. The summed E-state index contributed by atoms with van der Waals surface area (Å²) in [4.78, 5) is 9.70. The number of amides is 1. The Labute approximate surface area is 166 Å². The molecule has 25 heavy (non-hydrogen) atoms. The van der Waals surface area contributed by atoms with Crippen molar-refractivity contribution in [3.63, 3.8) is 0 Å². The van der Waals surface area contributed by atoms with Gasteiger partial charge in [-0.2, -0.15) is 0 Å². The number of hydrogen-bond acceptors (Lipinski definition) is 1. The second-order valence-corrected chi connectivity index (χ2v) is 3.25. The van der Waals surface area contributed by atoms with Crippen molar-refractivity contribution in [1.82, 2.24) is 5.32 Å². The van der Waals surface area contributed by atoms with Crippen LogP contribution in [0.25, 0.3) is 0 Å². The first-order valence-corrected chi connectivity index (χ1v) is 11.1. The molecule has 0 aliphatic heterocycles. The summed E-state index contributed by atoms with van der Waals surface area (Å²) in [6, 6.07) is 0. The van der Waals surface area contributed by atoms with Crippen LogP contribution in [0.3, 0.4) is 0 Å². The molecule has 2 heteroatoms. The molecule has 0 heterocycles. The molecule has 0 spiro atoms. The third-order valence-corrected chi connectivity index (χ3v) is 1.91. The highest BCUT2D eigenvalue weighted by Crippen LogP contribution is 2.08. The molecule has 1 atom stereocenters. The Morgan fingerprint density at radius 2 is 1.04 bits per heavy atom. The van der Waals surface area contributed by atoms with Gasteiger partial charge in [0.1, 0.15) is 0 Å². The van der Waals surface area contributed by atoms with Gasteiger partial charge >= 0.3 is 0 Å². The maximum absolute atomic E-state index is 9.70. The highest BCUT2D eigenvalue weighted by Gasteiger charge is 2.01. The fourth-order valence-electron chi connectivity index (χ4n) is 0.618. The molecule has 0 aliphatic rings. The Balaban J connectivity index is -0.0000000247. The van der Waals surface area contributed by atoms with Crippen molar-refractivity contribution in [1.29, 1.82) is 0 Å². The van der Waals surface area contributed by atoms with Crippen LogP contribution in [0, 0.1) is 12.3 Å². The summed E-state index contributed by atoms with van der Waals surface area (Å²) in [7, 11) is 1.60. The van der Waals surface area contributed by atoms with Crippen LogP contribution >= 0.6 is 0 Å². The SMILES string of the molecule is CC.CC.CC.CC.CC.CC.CC[CH+]CC(C)CC.CNC(C)=O. The average Bonchev–Trinajstić information content (AvgIpc) is 2.75. The number of unbranched alkanes of at least 4 members (excludes halogenated alkanes) is 1. The summed E-state index contributed by atoms with van der Waals surface area (Å²) in [6.45, 7) is 32.2. The highest BCUT2D eigenvalue weighted by atomic mass is 16.1. The normalized spacial score (nSPS) is 7.08. The van der Waals surface area contributed by atoms with E-state index < -0.39 is 0 Å². The van der Waals surface area contributed by atoms with Gasteiger partial charge in [-0.05, 0) is 19.3 Å². The van der Waals surface area contributed by atoms with Crippen LogP contribution in [-0.4, -0.2) is 13.0 Å². The summed E-state index contributed by atoms with van der Waals surface area (Å²) >= 11 is 0. The summed E-state index contributed by atoms with van der Waals surface area (Å²) in [6.07, 6.45) is 6.20. The fourth-order valence-corrected chi connectivity index (χ4v) is 0.618. The van der Waals surface area contributed by atoms with E-state index in [2.05, 4.69) is 32.5 Å². The smallest absolute Gasteiger partial charge is 0.216 e. The minimum absolute atomic E-state index is 0.00463. The number of rotatable bonds is 4. The van der Waals surface area contributed by atoms with Crippen LogP contribution in [-0.2, 0) is 4.79 Å².